The molecule has 0 bridgehead atoms. The molecular formula is C24H21Cl2N3O2S. The molecule has 0 aliphatic carbocycles. The van der Waals surface area contributed by atoms with Crippen LogP contribution >= 0.6 is 34.5 Å². The topological polar surface area (TPSA) is 52.7 Å². The molecule has 1 aromatic heterocycles. The Hall–Kier alpha value is -2.80. The molecule has 4 rings (SSSR count). The predicted octanol–water partition coefficient (Wildman–Crippen LogP) is 5.67. The van der Waals surface area contributed by atoms with Crippen molar-refractivity contribution in [1.29, 1.82) is 0 Å². The van der Waals surface area contributed by atoms with Gasteiger partial charge >= 0.3 is 0 Å². The summed E-state index contributed by atoms with van der Waals surface area (Å²) in [5.41, 5.74) is 2.40. The van der Waals surface area contributed by atoms with Crippen molar-refractivity contribution in [1.82, 2.24) is 4.90 Å². The lowest BCUT2D eigenvalue weighted by Crippen LogP contribution is -2.48. The van der Waals surface area contributed by atoms with Gasteiger partial charge in [0.05, 0.1) is 15.6 Å². The summed E-state index contributed by atoms with van der Waals surface area (Å²) < 4.78 is 0. The lowest BCUT2D eigenvalue weighted by molar-refractivity contribution is -0.111. The van der Waals surface area contributed by atoms with Crippen LogP contribution in [0.1, 0.15) is 15.2 Å². The average Bonchev–Trinajstić information content (AvgIpc) is 3.34. The van der Waals surface area contributed by atoms with Gasteiger partial charge in [0.2, 0.25) is 5.91 Å². The van der Waals surface area contributed by atoms with E-state index in [9.17, 15) is 9.59 Å². The molecular weight excluding hydrogens is 465 g/mol. The Kier molecular flexibility index (Phi) is 7.15. The van der Waals surface area contributed by atoms with Gasteiger partial charge in [-0.3, -0.25) is 9.59 Å². The highest BCUT2D eigenvalue weighted by Crippen LogP contribution is 2.30. The standard InChI is InChI=1S/C24H21Cl2N3O2S/c25-18-6-3-17(4-7-18)5-10-23(30)27-19-8-9-21(20(26)16-19)28-11-13-29(14-12-28)24(31)22-2-1-15-32-22/h1-10,15-16H,11-14H2,(H,27,30)/b10-5+. The van der Waals surface area contributed by atoms with E-state index in [1.54, 1.807) is 24.3 Å². The summed E-state index contributed by atoms with van der Waals surface area (Å²) in [6, 6.07) is 16.4. The van der Waals surface area contributed by atoms with Crippen molar-refractivity contribution < 1.29 is 9.59 Å². The van der Waals surface area contributed by atoms with E-state index < -0.39 is 0 Å². The summed E-state index contributed by atoms with van der Waals surface area (Å²) in [5.74, 6) is -0.167. The summed E-state index contributed by atoms with van der Waals surface area (Å²) in [6.07, 6.45) is 3.19. The third-order valence-electron chi connectivity index (χ3n) is 5.15. The molecule has 164 valence electrons. The first-order chi connectivity index (χ1) is 15.5. The van der Waals surface area contributed by atoms with Crippen molar-refractivity contribution in [2.75, 3.05) is 36.4 Å². The van der Waals surface area contributed by atoms with Gasteiger partial charge in [-0.25, -0.2) is 0 Å². The molecule has 0 saturated carbocycles. The highest BCUT2D eigenvalue weighted by molar-refractivity contribution is 7.12. The zero-order valence-electron chi connectivity index (χ0n) is 17.1. The fourth-order valence-corrected chi connectivity index (χ4v) is 4.59. The number of hydrogen-bond donors (Lipinski definition) is 1. The zero-order chi connectivity index (χ0) is 22.5. The van der Waals surface area contributed by atoms with Gasteiger partial charge in [-0.05, 0) is 53.4 Å². The van der Waals surface area contributed by atoms with Crippen LogP contribution in [-0.2, 0) is 4.79 Å². The summed E-state index contributed by atoms with van der Waals surface area (Å²) >= 11 is 13.8. The number of carbonyl (C=O) groups excluding carboxylic acids is 2. The molecule has 2 aromatic carbocycles. The first kappa shape index (κ1) is 22.4. The zero-order valence-corrected chi connectivity index (χ0v) is 19.5. The molecule has 1 fully saturated rings. The minimum atomic E-state index is -0.246. The molecule has 5 nitrogen and oxygen atoms in total. The lowest BCUT2D eigenvalue weighted by atomic mass is 10.2. The van der Waals surface area contributed by atoms with Crippen LogP contribution in [0.4, 0.5) is 11.4 Å². The number of hydrogen-bond acceptors (Lipinski definition) is 4. The van der Waals surface area contributed by atoms with E-state index in [2.05, 4.69) is 10.2 Å². The fourth-order valence-electron chi connectivity index (χ4n) is 3.48. The number of nitrogens with one attached hydrogen (secondary N) is 1. The van der Waals surface area contributed by atoms with Crippen LogP contribution in [0.3, 0.4) is 0 Å². The Balaban J connectivity index is 1.33. The Morgan fingerprint density at radius 2 is 1.72 bits per heavy atom. The second kappa shape index (κ2) is 10.2. The van der Waals surface area contributed by atoms with Gasteiger partial charge in [-0.15, -0.1) is 11.3 Å². The number of piperazine rings is 1. The van der Waals surface area contributed by atoms with Crippen LogP contribution in [0.2, 0.25) is 10.0 Å². The molecule has 0 unspecified atom stereocenters. The third-order valence-corrected chi connectivity index (χ3v) is 6.56. The van der Waals surface area contributed by atoms with Crippen molar-refractivity contribution in [3.8, 4) is 0 Å². The Morgan fingerprint density at radius 1 is 0.969 bits per heavy atom. The van der Waals surface area contributed by atoms with Crippen molar-refractivity contribution >= 4 is 63.8 Å². The quantitative estimate of drug-likeness (QED) is 0.473. The van der Waals surface area contributed by atoms with Gasteiger partial charge in [0.15, 0.2) is 0 Å². The largest absolute Gasteiger partial charge is 0.367 e. The van der Waals surface area contributed by atoms with E-state index in [-0.39, 0.29) is 11.8 Å². The van der Waals surface area contributed by atoms with E-state index in [0.29, 0.717) is 41.9 Å². The van der Waals surface area contributed by atoms with Gasteiger partial charge in [-0.1, -0.05) is 41.4 Å². The first-order valence-electron chi connectivity index (χ1n) is 10.1. The second-order valence-electron chi connectivity index (χ2n) is 7.30. The van der Waals surface area contributed by atoms with Crippen LogP contribution in [0.5, 0.6) is 0 Å². The van der Waals surface area contributed by atoms with E-state index in [0.717, 1.165) is 16.1 Å². The molecule has 0 radical (unpaired) electrons. The number of halogens is 2. The summed E-state index contributed by atoms with van der Waals surface area (Å²) in [7, 11) is 0. The number of anilines is 2. The monoisotopic (exact) mass is 485 g/mol. The average molecular weight is 486 g/mol. The minimum Gasteiger partial charge on any atom is -0.367 e. The molecule has 0 atom stereocenters. The van der Waals surface area contributed by atoms with Crippen LogP contribution in [0.15, 0.2) is 66.1 Å². The number of thiophene rings is 1. The van der Waals surface area contributed by atoms with Gasteiger partial charge in [0.25, 0.3) is 5.91 Å². The van der Waals surface area contributed by atoms with E-state index in [4.69, 9.17) is 23.2 Å². The van der Waals surface area contributed by atoms with Gasteiger partial charge in [0.1, 0.15) is 0 Å². The number of amides is 2. The van der Waals surface area contributed by atoms with Gasteiger partial charge in [0, 0.05) is 43.0 Å². The highest BCUT2D eigenvalue weighted by Gasteiger charge is 2.23. The summed E-state index contributed by atoms with van der Waals surface area (Å²) in [6.45, 7) is 2.68. The maximum atomic E-state index is 12.5. The summed E-state index contributed by atoms with van der Waals surface area (Å²) in [4.78, 5) is 29.5. The van der Waals surface area contributed by atoms with Crippen LogP contribution in [0.25, 0.3) is 6.08 Å². The molecule has 0 spiro atoms. The fraction of sp³-hybridized carbons (Fsp3) is 0.167. The molecule has 8 heteroatoms. The number of nitrogens with zero attached hydrogens (tertiary/aromatic N) is 2. The first-order valence-corrected chi connectivity index (χ1v) is 11.7. The summed E-state index contributed by atoms with van der Waals surface area (Å²) in [5, 5.41) is 5.95. The SMILES string of the molecule is O=C(/C=C/c1ccc(Cl)cc1)Nc1ccc(N2CCN(C(=O)c3cccs3)CC2)c(Cl)c1. The maximum Gasteiger partial charge on any atom is 0.264 e. The normalized spacial score (nSPS) is 14.1. The molecule has 32 heavy (non-hydrogen) atoms. The lowest BCUT2D eigenvalue weighted by Gasteiger charge is -2.36. The smallest absolute Gasteiger partial charge is 0.264 e. The molecule has 1 saturated heterocycles. The predicted molar refractivity (Wildman–Crippen MR) is 133 cm³/mol. The van der Waals surface area contributed by atoms with Gasteiger partial charge in [-0.2, -0.15) is 0 Å². The maximum absolute atomic E-state index is 12.5. The minimum absolute atomic E-state index is 0.0791. The van der Waals surface area contributed by atoms with E-state index in [1.165, 1.54) is 17.4 Å². The highest BCUT2D eigenvalue weighted by atomic mass is 35.5. The van der Waals surface area contributed by atoms with Crippen molar-refractivity contribution in [2.45, 2.75) is 0 Å². The molecule has 2 heterocycles. The third kappa shape index (κ3) is 5.51. The Bertz CT molecular complexity index is 1120. The second-order valence-corrected chi connectivity index (χ2v) is 9.09. The molecule has 2 amide bonds. The van der Waals surface area contributed by atoms with Crippen molar-refractivity contribution in [3.05, 3.63) is 86.5 Å². The number of benzene rings is 2. The van der Waals surface area contributed by atoms with Crippen molar-refractivity contribution in [3.63, 3.8) is 0 Å². The Morgan fingerprint density at radius 3 is 2.38 bits per heavy atom. The molecule has 1 aliphatic rings. The number of rotatable bonds is 5. The van der Waals surface area contributed by atoms with E-state index >= 15 is 0 Å². The molecule has 1 N–H and O–H groups in total. The van der Waals surface area contributed by atoms with Crippen LogP contribution in [-0.4, -0.2) is 42.9 Å². The van der Waals surface area contributed by atoms with Crippen LogP contribution in [0, 0.1) is 0 Å². The molecule has 3 aromatic rings. The Labute approximate surface area is 200 Å². The van der Waals surface area contributed by atoms with Crippen molar-refractivity contribution in [2.24, 2.45) is 0 Å². The van der Waals surface area contributed by atoms with Crippen LogP contribution < -0.4 is 10.2 Å². The molecule has 1 aliphatic heterocycles. The van der Waals surface area contributed by atoms with E-state index in [1.807, 2.05) is 46.7 Å². The van der Waals surface area contributed by atoms with Gasteiger partial charge < -0.3 is 15.1 Å². The number of carbonyl (C=O) groups is 2.